The molecule has 0 fully saturated rings. The second-order valence-corrected chi connectivity index (χ2v) is 5.50. The number of carbonyl (C=O) groups is 1. The van der Waals surface area contributed by atoms with Crippen molar-refractivity contribution in [3.8, 4) is 17.4 Å². The van der Waals surface area contributed by atoms with Gasteiger partial charge in [-0.25, -0.2) is 9.48 Å². The van der Waals surface area contributed by atoms with Crippen molar-refractivity contribution >= 4 is 17.6 Å². The first-order valence-corrected chi connectivity index (χ1v) is 7.95. The number of halogens is 1. The summed E-state index contributed by atoms with van der Waals surface area (Å²) in [5.74, 6) is 0.992. The van der Waals surface area contributed by atoms with E-state index in [9.17, 15) is 4.79 Å². The molecule has 0 aliphatic heterocycles. The van der Waals surface area contributed by atoms with Crippen LogP contribution < -0.4 is 4.74 Å². The number of esters is 1. The first-order valence-electron chi connectivity index (χ1n) is 7.57. The van der Waals surface area contributed by atoms with Gasteiger partial charge in [-0.2, -0.15) is 5.10 Å². The minimum Gasteiger partial charge on any atom is -0.462 e. The summed E-state index contributed by atoms with van der Waals surface area (Å²) in [5, 5.41) is 12.9. The lowest BCUT2D eigenvalue weighted by Gasteiger charge is -2.06. The zero-order valence-electron chi connectivity index (χ0n) is 13.6. The molecule has 2 heterocycles. The van der Waals surface area contributed by atoms with Crippen LogP contribution in [0.2, 0.25) is 5.02 Å². The smallest absolute Gasteiger partial charge is 0.341 e. The maximum absolute atomic E-state index is 11.9. The fourth-order valence-corrected chi connectivity index (χ4v) is 2.28. The number of benzene rings is 1. The van der Waals surface area contributed by atoms with E-state index in [-0.39, 0.29) is 0 Å². The van der Waals surface area contributed by atoms with Crippen LogP contribution in [-0.2, 0) is 4.74 Å². The Balaban J connectivity index is 1.78. The SMILES string of the molecule is CCOC(=O)c1cnn(-c2ccc(Oc3ccc(Cl)cc3)nn2)c1C. The zero-order valence-corrected chi connectivity index (χ0v) is 14.4. The van der Waals surface area contributed by atoms with Crippen molar-refractivity contribution in [2.24, 2.45) is 0 Å². The lowest BCUT2D eigenvalue weighted by atomic mass is 10.2. The highest BCUT2D eigenvalue weighted by molar-refractivity contribution is 6.30. The Bertz CT molecular complexity index is 876. The summed E-state index contributed by atoms with van der Waals surface area (Å²) >= 11 is 5.84. The highest BCUT2D eigenvalue weighted by Gasteiger charge is 2.16. The molecule has 3 rings (SSSR count). The molecule has 0 N–H and O–H groups in total. The van der Waals surface area contributed by atoms with Crippen molar-refractivity contribution in [3.05, 3.63) is 58.9 Å². The molecular weight excluding hydrogens is 344 g/mol. The van der Waals surface area contributed by atoms with Gasteiger partial charge in [-0.15, -0.1) is 10.2 Å². The second kappa shape index (κ2) is 7.31. The van der Waals surface area contributed by atoms with E-state index in [2.05, 4.69) is 15.3 Å². The third kappa shape index (κ3) is 3.77. The topological polar surface area (TPSA) is 79.1 Å². The molecule has 0 saturated carbocycles. The molecule has 0 saturated heterocycles. The lowest BCUT2D eigenvalue weighted by molar-refractivity contribution is 0.0525. The third-order valence-electron chi connectivity index (χ3n) is 3.38. The molecule has 7 nitrogen and oxygen atoms in total. The average molecular weight is 359 g/mol. The molecule has 8 heteroatoms. The molecule has 0 radical (unpaired) electrons. The highest BCUT2D eigenvalue weighted by Crippen LogP contribution is 2.21. The van der Waals surface area contributed by atoms with Crippen LogP contribution in [-0.4, -0.2) is 32.6 Å². The van der Waals surface area contributed by atoms with Gasteiger partial charge in [-0.1, -0.05) is 11.6 Å². The summed E-state index contributed by atoms with van der Waals surface area (Å²) in [7, 11) is 0. The summed E-state index contributed by atoms with van der Waals surface area (Å²) in [6.07, 6.45) is 1.45. The Morgan fingerprint density at radius 3 is 2.56 bits per heavy atom. The van der Waals surface area contributed by atoms with Crippen LogP contribution in [0.5, 0.6) is 11.6 Å². The van der Waals surface area contributed by atoms with Crippen LogP contribution in [0.4, 0.5) is 0 Å². The van der Waals surface area contributed by atoms with E-state index < -0.39 is 5.97 Å². The number of hydrogen-bond donors (Lipinski definition) is 0. The lowest BCUT2D eigenvalue weighted by Crippen LogP contribution is -2.08. The van der Waals surface area contributed by atoms with Crippen molar-refractivity contribution in [2.75, 3.05) is 6.61 Å². The molecule has 0 aliphatic rings. The van der Waals surface area contributed by atoms with Crippen molar-refractivity contribution in [1.29, 1.82) is 0 Å². The molecular formula is C17H15ClN4O3. The van der Waals surface area contributed by atoms with Gasteiger partial charge in [-0.3, -0.25) is 0 Å². The summed E-state index contributed by atoms with van der Waals surface area (Å²) in [5.41, 5.74) is 1.02. The number of nitrogens with zero attached hydrogens (tertiary/aromatic N) is 4. The van der Waals surface area contributed by atoms with Crippen LogP contribution in [0.3, 0.4) is 0 Å². The first-order chi connectivity index (χ1) is 12.1. The fourth-order valence-electron chi connectivity index (χ4n) is 2.15. The summed E-state index contributed by atoms with van der Waals surface area (Å²) in [6, 6.07) is 10.3. The van der Waals surface area contributed by atoms with Gasteiger partial charge in [0.25, 0.3) is 0 Å². The van der Waals surface area contributed by atoms with Crippen LogP contribution in [0.25, 0.3) is 5.82 Å². The van der Waals surface area contributed by atoms with Crippen LogP contribution in [0.15, 0.2) is 42.6 Å². The Morgan fingerprint density at radius 2 is 1.92 bits per heavy atom. The molecule has 128 valence electrons. The van der Waals surface area contributed by atoms with E-state index in [1.807, 2.05) is 0 Å². The quantitative estimate of drug-likeness (QED) is 0.648. The molecule has 0 amide bonds. The minimum atomic E-state index is -0.415. The maximum atomic E-state index is 11.9. The van der Waals surface area contributed by atoms with Crippen molar-refractivity contribution in [3.63, 3.8) is 0 Å². The molecule has 1 aromatic carbocycles. The Labute approximate surface area is 149 Å². The molecule has 0 unspecified atom stereocenters. The van der Waals surface area contributed by atoms with Gasteiger partial charge in [0.05, 0.1) is 18.5 Å². The molecule has 0 aliphatic carbocycles. The van der Waals surface area contributed by atoms with Gasteiger partial charge in [-0.05, 0) is 44.2 Å². The van der Waals surface area contributed by atoms with Gasteiger partial charge in [0, 0.05) is 11.1 Å². The number of carbonyl (C=O) groups excluding carboxylic acids is 1. The van der Waals surface area contributed by atoms with E-state index in [4.69, 9.17) is 21.1 Å². The first kappa shape index (κ1) is 16.9. The number of rotatable bonds is 5. The van der Waals surface area contributed by atoms with Gasteiger partial charge in [0.1, 0.15) is 11.3 Å². The Kier molecular flexibility index (Phi) is 4.95. The minimum absolute atomic E-state index is 0.306. The standard InChI is InChI=1S/C17H15ClN4O3/c1-3-24-17(23)14-10-19-22(11(14)2)15-8-9-16(21-20-15)25-13-6-4-12(18)5-7-13/h4-10H,3H2,1-2H3. The molecule has 2 aromatic heterocycles. The third-order valence-corrected chi connectivity index (χ3v) is 3.64. The van der Waals surface area contributed by atoms with Crippen molar-refractivity contribution < 1.29 is 14.3 Å². The number of hydrogen-bond acceptors (Lipinski definition) is 6. The summed E-state index contributed by atoms with van der Waals surface area (Å²) in [6.45, 7) is 3.82. The van der Waals surface area contributed by atoms with E-state index in [1.165, 1.54) is 10.9 Å². The maximum Gasteiger partial charge on any atom is 0.341 e. The van der Waals surface area contributed by atoms with E-state index in [1.54, 1.807) is 50.2 Å². The Hall–Kier alpha value is -2.93. The molecule has 3 aromatic rings. The van der Waals surface area contributed by atoms with Gasteiger partial charge < -0.3 is 9.47 Å². The van der Waals surface area contributed by atoms with Crippen LogP contribution >= 0.6 is 11.6 Å². The van der Waals surface area contributed by atoms with E-state index >= 15 is 0 Å². The molecule has 25 heavy (non-hydrogen) atoms. The van der Waals surface area contributed by atoms with Gasteiger partial charge in [0.15, 0.2) is 5.82 Å². The molecule has 0 bridgehead atoms. The predicted molar refractivity (Wildman–Crippen MR) is 91.4 cm³/mol. The highest BCUT2D eigenvalue weighted by atomic mass is 35.5. The largest absolute Gasteiger partial charge is 0.462 e. The van der Waals surface area contributed by atoms with Crippen LogP contribution in [0, 0.1) is 6.92 Å². The normalized spacial score (nSPS) is 10.5. The van der Waals surface area contributed by atoms with Crippen LogP contribution in [0.1, 0.15) is 23.0 Å². The average Bonchev–Trinajstić information content (AvgIpc) is 2.99. The van der Waals surface area contributed by atoms with Crippen molar-refractivity contribution in [1.82, 2.24) is 20.0 Å². The van der Waals surface area contributed by atoms with Gasteiger partial charge >= 0.3 is 5.97 Å². The summed E-state index contributed by atoms with van der Waals surface area (Å²) in [4.78, 5) is 11.9. The van der Waals surface area contributed by atoms with E-state index in [0.29, 0.717) is 40.3 Å². The van der Waals surface area contributed by atoms with Gasteiger partial charge in [0.2, 0.25) is 5.88 Å². The van der Waals surface area contributed by atoms with E-state index in [0.717, 1.165) is 0 Å². The summed E-state index contributed by atoms with van der Waals surface area (Å²) < 4.78 is 12.1. The molecule has 0 spiro atoms. The second-order valence-electron chi connectivity index (χ2n) is 5.06. The predicted octanol–water partition coefficient (Wildman–Crippen LogP) is 3.59. The number of ether oxygens (including phenoxy) is 2. The number of aromatic nitrogens is 4. The van der Waals surface area contributed by atoms with Crippen molar-refractivity contribution in [2.45, 2.75) is 13.8 Å². The molecule has 0 atom stereocenters. The zero-order chi connectivity index (χ0) is 17.8. The monoisotopic (exact) mass is 358 g/mol. The fraction of sp³-hybridized carbons (Fsp3) is 0.176. The Morgan fingerprint density at radius 1 is 1.16 bits per heavy atom.